The molecule has 2 aliphatic carbocycles. The van der Waals surface area contributed by atoms with E-state index in [1.807, 2.05) is 31.3 Å². The van der Waals surface area contributed by atoms with Crippen molar-refractivity contribution < 1.29 is 9.53 Å². The second kappa shape index (κ2) is 10.2. The number of carbonyl (C=O) groups excluding carboxylic acids is 1. The number of rotatable bonds is 6. The molecule has 3 fully saturated rings. The van der Waals surface area contributed by atoms with E-state index in [1.54, 1.807) is 13.2 Å². The minimum Gasteiger partial charge on any atom is -0.494 e. The second-order valence-electron chi connectivity index (χ2n) is 13.8. The monoisotopic (exact) mass is 628 g/mol. The van der Waals surface area contributed by atoms with Gasteiger partial charge in [0, 0.05) is 42.6 Å². The molecule has 0 radical (unpaired) electrons. The van der Waals surface area contributed by atoms with Crippen molar-refractivity contribution in [1.82, 2.24) is 29.0 Å². The molecule has 4 heterocycles. The van der Waals surface area contributed by atoms with Crippen LogP contribution in [-0.4, -0.2) is 54.6 Å². The topological polar surface area (TPSA) is 118 Å². The Labute approximate surface area is 270 Å². The summed E-state index contributed by atoms with van der Waals surface area (Å²) >= 11 is 0. The molecule has 10 heteroatoms. The molecule has 238 valence electrons. The van der Waals surface area contributed by atoms with E-state index < -0.39 is 11.2 Å². The average molecular weight is 629 g/mol. The van der Waals surface area contributed by atoms with Gasteiger partial charge in [0.05, 0.1) is 29.2 Å². The van der Waals surface area contributed by atoms with Gasteiger partial charge in [-0.1, -0.05) is 25.1 Å². The molecule has 9 rings (SSSR count). The number of ether oxygens (including phenoxy) is 1. The smallest absolute Gasteiger partial charge is 0.326 e. The highest BCUT2D eigenvalue weighted by Crippen LogP contribution is 2.44. The SMILES string of the molecule is COc1cc(C(=O)N2CC3CCC2[C@@H]3C)cc2nc(-c3cc4ccc(-c5ccc6c(=O)[nH]c(=O)[nH]c6c5)cc4n3CC3CC3)n(C)c12. The summed E-state index contributed by atoms with van der Waals surface area (Å²) in [5.41, 5.74) is 5.81. The number of piperidine rings is 1. The van der Waals surface area contributed by atoms with E-state index in [9.17, 15) is 14.4 Å². The molecule has 2 N–H and O–H groups in total. The van der Waals surface area contributed by atoms with Crippen LogP contribution in [0.4, 0.5) is 0 Å². The number of aryl methyl sites for hydroxylation is 1. The van der Waals surface area contributed by atoms with Gasteiger partial charge in [-0.05, 0) is 91.0 Å². The van der Waals surface area contributed by atoms with Crippen LogP contribution in [0.25, 0.3) is 55.5 Å². The van der Waals surface area contributed by atoms with Gasteiger partial charge in [0.25, 0.3) is 11.5 Å². The van der Waals surface area contributed by atoms with E-state index in [2.05, 4.69) is 55.2 Å². The largest absolute Gasteiger partial charge is 0.494 e. The van der Waals surface area contributed by atoms with Crippen LogP contribution in [0.3, 0.4) is 0 Å². The van der Waals surface area contributed by atoms with Crippen LogP contribution in [-0.2, 0) is 13.6 Å². The van der Waals surface area contributed by atoms with Crippen molar-refractivity contribution in [1.29, 1.82) is 0 Å². The Kier molecular flexibility index (Phi) is 6.10. The molecule has 1 amide bonds. The maximum atomic E-state index is 13.8. The number of imidazole rings is 1. The minimum absolute atomic E-state index is 0.0641. The van der Waals surface area contributed by atoms with Crippen molar-refractivity contribution in [3.8, 4) is 28.4 Å². The van der Waals surface area contributed by atoms with Crippen LogP contribution < -0.4 is 16.0 Å². The van der Waals surface area contributed by atoms with Gasteiger partial charge in [0.2, 0.25) is 0 Å². The van der Waals surface area contributed by atoms with Crippen LogP contribution in [0.2, 0.25) is 0 Å². The van der Waals surface area contributed by atoms with E-state index in [4.69, 9.17) is 9.72 Å². The number of H-pyrrole nitrogens is 2. The van der Waals surface area contributed by atoms with Crippen LogP contribution in [0.5, 0.6) is 5.75 Å². The molecule has 2 unspecified atom stereocenters. The first-order valence-electron chi connectivity index (χ1n) is 16.5. The van der Waals surface area contributed by atoms with Crippen LogP contribution in [0, 0.1) is 17.8 Å². The van der Waals surface area contributed by atoms with Crippen molar-refractivity contribution in [2.24, 2.45) is 24.8 Å². The first-order chi connectivity index (χ1) is 22.8. The Balaban J connectivity index is 1.16. The highest BCUT2D eigenvalue weighted by molar-refractivity contribution is 6.01. The zero-order valence-electron chi connectivity index (χ0n) is 26.7. The molecule has 47 heavy (non-hydrogen) atoms. The maximum Gasteiger partial charge on any atom is 0.326 e. The third-order valence-corrected chi connectivity index (χ3v) is 11.0. The van der Waals surface area contributed by atoms with Crippen molar-refractivity contribution >= 4 is 38.7 Å². The predicted molar refractivity (Wildman–Crippen MR) is 182 cm³/mol. The number of methoxy groups -OCH3 is 1. The number of benzene rings is 3. The summed E-state index contributed by atoms with van der Waals surface area (Å²) in [6, 6.07) is 18.2. The summed E-state index contributed by atoms with van der Waals surface area (Å²) in [5.74, 6) is 3.28. The molecule has 2 bridgehead atoms. The summed E-state index contributed by atoms with van der Waals surface area (Å²) in [5, 5.41) is 1.54. The third-order valence-electron chi connectivity index (χ3n) is 11.0. The molecule has 3 aromatic heterocycles. The number of aromatic amines is 2. The number of carbonyl (C=O) groups is 1. The van der Waals surface area contributed by atoms with Crippen molar-refractivity contribution in [3.05, 3.63) is 81.0 Å². The lowest BCUT2D eigenvalue weighted by Crippen LogP contribution is -2.38. The van der Waals surface area contributed by atoms with Gasteiger partial charge in [-0.2, -0.15) is 0 Å². The van der Waals surface area contributed by atoms with Crippen molar-refractivity contribution in [3.63, 3.8) is 0 Å². The zero-order valence-corrected chi connectivity index (χ0v) is 26.7. The molecule has 3 aromatic carbocycles. The number of fused-ring (bicyclic) bond motifs is 5. The Hall–Kier alpha value is -5.12. The van der Waals surface area contributed by atoms with Crippen molar-refractivity contribution in [2.75, 3.05) is 13.7 Å². The van der Waals surface area contributed by atoms with Gasteiger partial charge in [-0.3, -0.25) is 14.6 Å². The Morgan fingerprint density at radius 2 is 1.79 bits per heavy atom. The fourth-order valence-electron chi connectivity index (χ4n) is 8.25. The molecule has 0 spiro atoms. The fourth-order valence-corrected chi connectivity index (χ4v) is 8.25. The van der Waals surface area contributed by atoms with Crippen LogP contribution >= 0.6 is 0 Å². The van der Waals surface area contributed by atoms with E-state index in [-0.39, 0.29) is 5.91 Å². The molecule has 2 saturated carbocycles. The quantitative estimate of drug-likeness (QED) is 0.246. The van der Waals surface area contributed by atoms with Gasteiger partial charge < -0.3 is 23.8 Å². The lowest BCUT2D eigenvalue weighted by molar-refractivity contribution is 0.0696. The number of aromatic nitrogens is 5. The Bertz CT molecular complexity index is 2390. The summed E-state index contributed by atoms with van der Waals surface area (Å²) in [4.78, 5) is 50.3. The number of hydrogen-bond donors (Lipinski definition) is 2. The zero-order chi connectivity index (χ0) is 32.1. The molecular weight excluding hydrogens is 592 g/mol. The van der Waals surface area contributed by atoms with E-state index in [0.717, 1.165) is 64.1 Å². The Morgan fingerprint density at radius 3 is 2.53 bits per heavy atom. The summed E-state index contributed by atoms with van der Waals surface area (Å²) < 4.78 is 10.3. The normalized spacial score (nSPS) is 20.7. The number of amides is 1. The van der Waals surface area contributed by atoms with E-state index in [1.165, 1.54) is 19.3 Å². The number of nitrogens with one attached hydrogen (secondary N) is 2. The summed E-state index contributed by atoms with van der Waals surface area (Å²) in [6.45, 7) is 3.99. The first kappa shape index (κ1) is 28.1. The van der Waals surface area contributed by atoms with Gasteiger partial charge in [0.15, 0.2) is 5.82 Å². The average Bonchev–Trinajstić information content (AvgIpc) is 3.47. The molecule has 1 aliphatic heterocycles. The Morgan fingerprint density at radius 1 is 0.979 bits per heavy atom. The van der Waals surface area contributed by atoms with Gasteiger partial charge in [-0.15, -0.1) is 0 Å². The summed E-state index contributed by atoms with van der Waals surface area (Å²) in [6.07, 6.45) is 4.69. The molecular formula is C37H36N6O4. The lowest BCUT2D eigenvalue weighted by atomic mass is 10.0. The highest BCUT2D eigenvalue weighted by atomic mass is 16.5. The molecule has 10 nitrogen and oxygen atoms in total. The number of nitrogens with zero attached hydrogens (tertiary/aromatic N) is 4. The molecule has 3 atom stereocenters. The molecule has 1 saturated heterocycles. The van der Waals surface area contributed by atoms with Crippen LogP contribution in [0.1, 0.15) is 43.0 Å². The second-order valence-corrected chi connectivity index (χ2v) is 13.8. The number of likely N-dealkylation sites (tertiary alicyclic amines) is 1. The highest BCUT2D eigenvalue weighted by Gasteiger charge is 2.46. The van der Waals surface area contributed by atoms with Gasteiger partial charge in [-0.25, -0.2) is 9.78 Å². The minimum atomic E-state index is -0.522. The molecule has 3 aliphatic rings. The predicted octanol–water partition coefficient (Wildman–Crippen LogP) is 5.68. The van der Waals surface area contributed by atoms with Crippen LogP contribution in [0.15, 0.2) is 64.2 Å². The maximum absolute atomic E-state index is 13.8. The fraction of sp³-hybridized carbons (Fsp3) is 0.351. The summed E-state index contributed by atoms with van der Waals surface area (Å²) in [7, 11) is 3.66. The van der Waals surface area contributed by atoms with E-state index in [0.29, 0.717) is 46.0 Å². The van der Waals surface area contributed by atoms with Gasteiger partial charge >= 0.3 is 5.69 Å². The molecule has 6 aromatic rings. The van der Waals surface area contributed by atoms with Gasteiger partial charge in [0.1, 0.15) is 11.3 Å². The number of hydrogen-bond acceptors (Lipinski definition) is 5. The third kappa shape index (κ3) is 4.37. The first-order valence-corrected chi connectivity index (χ1v) is 16.5. The van der Waals surface area contributed by atoms with Crippen molar-refractivity contribution in [2.45, 2.75) is 45.2 Å². The van der Waals surface area contributed by atoms with E-state index >= 15 is 0 Å². The standard InChI is InChI=1S/C37H36N6O4/c1-19-24-9-11-29(19)43(18-24)36(45)25-13-28-33(32(16-25)47-3)41(2)34(38-28)31-15-23-7-6-22(14-30(23)42(31)17-20-4-5-20)21-8-10-26-27(12-21)39-37(46)40-35(26)44/h6-8,10,12-16,19-20,24,29H,4-5,9,11,17-18H2,1-3H3,(H2,39,40,44,46)/t19-,24?,29?/m1/s1. The lowest BCUT2D eigenvalue weighted by Gasteiger charge is -2.27.